The Morgan fingerprint density at radius 1 is 1.08 bits per heavy atom. The van der Waals surface area contributed by atoms with Gasteiger partial charge in [0.15, 0.2) is 0 Å². The molecule has 0 amide bonds. The smallest absolute Gasteiger partial charge is 0.140 e. The molecule has 0 spiro atoms. The minimum absolute atomic E-state index is 0.0766. The number of nitrogens with two attached hydrogens (primary N) is 1. The molecule has 126 valence electrons. The van der Waals surface area contributed by atoms with Crippen LogP contribution in [0.2, 0.25) is 0 Å². The summed E-state index contributed by atoms with van der Waals surface area (Å²) in [5.41, 5.74) is 8.95. The van der Waals surface area contributed by atoms with Crippen molar-refractivity contribution in [1.82, 2.24) is 4.90 Å². The lowest BCUT2D eigenvalue weighted by atomic mass is 10.0. The summed E-state index contributed by atoms with van der Waals surface area (Å²) >= 11 is 3.49. The van der Waals surface area contributed by atoms with Gasteiger partial charge in [-0.3, -0.25) is 4.90 Å². The van der Waals surface area contributed by atoms with Crippen molar-refractivity contribution >= 4 is 15.9 Å². The van der Waals surface area contributed by atoms with Gasteiger partial charge in [0, 0.05) is 17.1 Å². The predicted octanol–water partition coefficient (Wildman–Crippen LogP) is 3.92. The zero-order valence-corrected chi connectivity index (χ0v) is 15.3. The van der Waals surface area contributed by atoms with Crippen molar-refractivity contribution in [2.45, 2.75) is 37.5 Å². The van der Waals surface area contributed by atoms with Crippen molar-refractivity contribution in [3.63, 3.8) is 0 Å². The second-order valence-corrected chi connectivity index (χ2v) is 7.78. The predicted molar refractivity (Wildman–Crippen MR) is 100 cm³/mol. The van der Waals surface area contributed by atoms with Gasteiger partial charge in [0.05, 0.1) is 6.04 Å². The second-order valence-electron chi connectivity index (χ2n) is 6.86. The SMILES string of the molecule is N[C@@H]1CCCN([C@@H]2Cc3ccccc3[C@@H]2Oc2ccc(Br)cc2)C1. The fourth-order valence-electron chi connectivity index (χ4n) is 4.00. The summed E-state index contributed by atoms with van der Waals surface area (Å²) in [7, 11) is 0. The number of nitrogens with zero attached hydrogens (tertiary/aromatic N) is 1. The van der Waals surface area contributed by atoms with Gasteiger partial charge in [-0.1, -0.05) is 40.2 Å². The molecule has 0 unspecified atom stereocenters. The van der Waals surface area contributed by atoms with Crippen molar-refractivity contribution in [2.75, 3.05) is 13.1 Å². The fourth-order valence-corrected chi connectivity index (χ4v) is 4.27. The van der Waals surface area contributed by atoms with Crippen molar-refractivity contribution in [1.29, 1.82) is 0 Å². The summed E-state index contributed by atoms with van der Waals surface area (Å²) in [6.07, 6.45) is 3.44. The number of piperidine rings is 1. The first-order valence-corrected chi connectivity index (χ1v) is 9.49. The maximum atomic E-state index is 6.45. The molecule has 4 heteroatoms. The number of likely N-dealkylation sites (tertiary alicyclic amines) is 1. The highest BCUT2D eigenvalue weighted by molar-refractivity contribution is 9.10. The molecule has 1 aliphatic carbocycles. The van der Waals surface area contributed by atoms with Gasteiger partial charge in [0.1, 0.15) is 11.9 Å². The molecule has 24 heavy (non-hydrogen) atoms. The normalized spacial score (nSPS) is 27.0. The standard InChI is InChI=1S/C20H23BrN2O/c21-15-7-9-17(10-8-15)24-20-18-6-2-1-4-14(18)12-19(20)23-11-3-5-16(22)13-23/h1-2,4,6-10,16,19-20H,3,5,11-13,22H2/t16-,19-,20+/m1/s1. The summed E-state index contributed by atoms with van der Waals surface area (Å²) in [4.78, 5) is 2.54. The molecule has 0 radical (unpaired) electrons. The highest BCUT2D eigenvalue weighted by Gasteiger charge is 2.39. The van der Waals surface area contributed by atoms with Gasteiger partial charge in [-0.2, -0.15) is 0 Å². The largest absolute Gasteiger partial charge is 0.484 e. The van der Waals surface area contributed by atoms with Crippen LogP contribution < -0.4 is 10.5 Å². The summed E-state index contributed by atoms with van der Waals surface area (Å²) in [5, 5.41) is 0. The average molecular weight is 387 g/mol. The maximum absolute atomic E-state index is 6.45. The van der Waals surface area contributed by atoms with E-state index >= 15 is 0 Å². The van der Waals surface area contributed by atoms with E-state index in [0.717, 1.165) is 36.2 Å². The Kier molecular flexibility index (Phi) is 4.61. The highest BCUT2D eigenvalue weighted by Crippen LogP contribution is 2.38. The van der Waals surface area contributed by atoms with Gasteiger partial charge in [-0.15, -0.1) is 0 Å². The molecule has 3 atom stereocenters. The van der Waals surface area contributed by atoms with Gasteiger partial charge in [-0.25, -0.2) is 0 Å². The Morgan fingerprint density at radius 2 is 1.88 bits per heavy atom. The van der Waals surface area contributed by atoms with Gasteiger partial charge in [-0.05, 0) is 61.2 Å². The first-order valence-electron chi connectivity index (χ1n) is 8.70. The summed E-state index contributed by atoms with van der Waals surface area (Å²) in [6, 6.07) is 17.5. The molecule has 2 aromatic carbocycles. The van der Waals surface area contributed by atoms with Crippen LogP contribution in [0.25, 0.3) is 0 Å². The van der Waals surface area contributed by atoms with Crippen LogP contribution >= 0.6 is 15.9 Å². The minimum atomic E-state index is 0.0766. The topological polar surface area (TPSA) is 38.5 Å². The molecule has 1 fully saturated rings. The molecule has 0 saturated carbocycles. The average Bonchev–Trinajstić information content (AvgIpc) is 2.96. The van der Waals surface area contributed by atoms with Crippen LogP contribution in [0.4, 0.5) is 0 Å². The Balaban J connectivity index is 1.62. The van der Waals surface area contributed by atoms with Crippen LogP contribution in [0.1, 0.15) is 30.1 Å². The molecule has 2 aromatic rings. The Hall–Kier alpha value is -1.36. The second kappa shape index (κ2) is 6.87. The molecule has 0 aromatic heterocycles. The number of benzene rings is 2. The molecular formula is C20H23BrN2O. The zero-order valence-electron chi connectivity index (χ0n) is 13.7. The van der Waals surface area contributed by atoms with Crippen LogP contribution in [-0.4, -0.2) is 30.1 Å². The third kappa shape index (κ3) is 3.23. The lowest BCUT2D eigenvalue weighted by Gasteiger charge is -2.38. The summed E-state index contributed by atoms with van der Waals surface area (Å²) < 4.78 is 7.52. The van der Waals surface area contributed by atoms with E-state index in [0.29, 0.717) is 6.04 Å². The van der Waals surface area contributed by atoms with Gasteiger partial charge in [0.25, 0.3) is 0 Å². The van der Waals surface area contributed by atoms with Crippen LogP contribution in [0.3, 0.4) is 0 Å². The number of rotatable bonds is 3. The summed E-state index contributed by atoms with van der Waals surface area (Å²) in [5.74, 6) is 0.922. The fraction of sp³-hybridized carbons (Fsp3) is 0.400. The Labute approximate surface area is 151 Å². The lowest BCUT2D eigenvalue weighted by molar-refractivity contribution is 0.0593. The first-order chi connectivity index (χ1) is 11.7. The maximum Gasteiger partial charge on any atom is 0.140 e. The molecule has 3 nitrogen and oxygen atoms in total. The lowest BCUT2D eigenvalue weighted by Crippen LogP contribution is -2.49. The third-order valence-electron chi connectivity index (χ3n) is 5.18. The van der Waals surface area contributed by atoms with Crippen LogP contribution in [0, 0.1) is 0 Å². The van der Waals surface area contributed by atoms with E-state index in [1.807, 2.05) is 24.3 Å². The molecule has 2 aliphatic rings. The van der Waals surface area contributed by atoms with Gasteiger partial charge >= 0.3 is 0 Å². The van der Waals surface area contributed by atoms with Gasteiger partial charge in [0.2, 0.25) is 0 Å². The monoisotopic (exact) mass is 386 g/mol. The van der Waals surface area contributed by atoms with E-state index in [4.69, 9.17) is 10.5 Å². The number of fused-ring (bicyclic) bond motifs is 1. The van der Waals surface area contributed by atoms with E-state index in [1.165, 1.54) is 17.5 Å². The van der Waals surface area contributed by atoms with E-state index in [9.17, 15) is 0 Å². The third-order valence-corrected chi connectivity index (χ3v) is 5.70. The van der Waals surface area contributed by atoms with E-state index in [1.54, 1.807) is 0 Å². The number of hydrogen-bond donors (Lipinski definition) is 1. The van der Waals surface area contributed by atoms with Crippen LogP contribution in [0.15, 0.2) is 53.0 Å². The van der Waals surface area contributed by atoms with Crippen molar-refractivity contribution in [3.05, 3.63) is 64.1 Å². The molecule has 2 N–H and O–H groups in total. The number of ether oxygens (including phenoxy) is 1. The van der Waals surface area contributed by atoms with E-state index < -0.39 is 0 Å². The Bertz CT molecular complexity index is 703. The molecule has 1 saturated heterocycles. The quantitative estimate of drug-likeness (QED) is 0.868. The van der Waals surface area contributed by atoms with Crippen molar-refractivity contribution in [3.8, 4) is 5.75 Å². The van der Waals surface area contributed by atoms with Crippen molar-refractivity contribution < 1.29 is 4.74 Å². The van der Waals surface area contributed by atoms with Gasteiger partial charge < -0.3 is 10.5 Å². The molecule has 0 bridgehead atoms. The summed E-state index contributed by atoms with van der Waals surface area (Å²) in [6.45, 7) is 2.09. The van der Waals surface area contributed by atoms with Crippen molar-refractivity contribution in [2.24, 2.45) is 5.73 Å². The molecular weight excluding hydrogens is 364 g/mol. The molecule has 1 aliphatic heterocycles. The van der Waals surface area contributed by atoms with Crippen LogP contribution in [0.5, 0.6) is 5.75 Å². The number of hydrogen-bond acceptors (Lipinski definition) is 3. The first kappa shape index (κ1) is 16.1. The minimum Gasteiger partial charge on any atom is -0.484 e. The Morgan fingerprint density at radius 3 is 2.67 bits per heavy atom. The number of halogens is 1. The molecule has 1 heterocycles. The zero-order chi connectivity index (χ0) is 16.5. The molecule has 4 rings (SSSR count). The van der Waals surface area contributed by atoms with E-state index in [2.05, 4.69) is 45.1 Å². The van der Waals surface area contributed by atoms with E-state index in [-0.39, 0.29) is 12.1 Å². The van der Waals surface area contributed by atoms with Crippen LogP contribution in [-0.2, 0) is 6.42 Å². The highest BCUT2D eigenvalue weighted by atomic mass is 79.9.